The molecule has 18 heavy (non-hydrogen) atoms. The molecule has 1 fully saturated rings. The Morgan fingerprint density at radius 2 is 2.17 bits per heavy atom. The maximum atomic E-state index is 11.3. The minimum atomic E-state index is -1.06. The highest BCUT2D eigenvalue weighted by atomic mass is 16.3. The molecule has 1 aliphatic rings. The summed E-state index contributed by atoms with van der Waals surface area (Å²) in [6.45, 7) is 3.85. The predicted octanol–water partition coefficient (Wildman–Crippen LogP) is -0.943. The maximum Gasteiger partial charge on any atom is 0.324 e. The third-order valence-electron chi connectivity index (χ3n) is 2.66. The van der Waals surface area contributed by atoms with Gasteiger partial charge in [-0.3, -0.25) is 14.4 Å². The monoisotopic (exact) mass is 253 g/mol. The maximum absolute atomic E-state index is 11.3. The van der Waals surface area contributed by atoms with Crippen molar-refractivity contribution in [3.8, 4) is 0 Å². The molecule has 0 spiro atoms. The van der Waals surface area contributed by atoms with Gasteiger partial charge in [-0.2, -0.15) is 0 Å². The first-order valence-corrected chi connectivity index (χ1v) is 5.59. The second-order valence-electron chi connectivity index (χ2n) is 4.63. The molecule has 0 bridgehead atoms. The second kappa shape index (κ2) is 4.37. The van der Waals surface area contributed by atoms with Crippen LogP contribution in [0.3, 0.4) is 0 Å². The largest absolute Gasteiger partial charge is 0.384 e. The Bertz CT molecular complexity index is 460. The van der Waals surface area contributed by atoms with E-state index in [0.717, 1.165) is 4.90 Å². The van der Waals surface area contributed by atoms with Crippen LogP contribution >= 0.6 is 0 Å². The molecular formula is C10H15N5O3. The van der Waals surface area contributed by atoms with Crippen LogP contribution in [0.4, 0.5) is 4.79 Å². The fourth-order valence-electron chi connectivity index (χ4n) is 1.57. The molecule has 3 amide bonds. The first-order valence-electron chi connectivity index (χ1n) is 5.59. The summed E-state index contributed by atoms with van der Waals surface area (Å²) >= 11 is 0. The number of aromatic nitrogens is 3. The van der Waals surface area contributed by atoms with Crippen LogP contribution in [0.25, 0.3) is 0 Å². The van der Waals surface area contributed by atoms with Gasteiger partial charge in [-0.05, 0) is 13.8 Å². The third kappa shape index (κ3) is 2.48. The molecule has 1 aromatic rings. The van der Waals surface area contributed by atoms with Crippen molar-refractivity contribution in [2.45, 2.75) is 26.0 Å². The van der Waals surface area contributed by atoms with Gasteiger partial charge in [-0.1, -0.05) is 5.21 Å². The molecule has 1 aliphatic heterocycles. The topological polar surface area (TPSA) is 100 Å². The quantitative estimate of drug-likeness (QED) is 0.674. The number of rotatable bonds is 4. The van der Waals surface area contributed by atoms with Gasteiger partial charge in [0.1, 0.15) is 11.3 Å². The van der Waals surface area contributed by atoms with Crippen molar-refractivity contribution in [3.63, 3.8) is 0 Å². The molecule has 2 heterocycles. The second-order valence-corrected chi connectivity index (χ2v) is 4.63. The summed E-state index contributed by atoms with van der Waals surface area (Å²) in [6.07, 6.45) is 1.60. The predicted molar refractivity (Wildman–Crippen MR) is 60.4 cm³/mol. The van der Waals surface area contributed by atoms with Gasteiger partial charge in [0.25, 0.3) is 0 Å². The first kappa shape index (κ1) is 12.5. The average Bonchev–Trinajstić information content (AvgIpc) is 2.84. The normalized spacial score (nSPS) is 16.3. The van der Waals surface area contributed by atoms with Crippen LogP contribution in [0.5, 0.6) is 0 Å². The van der Waals surface area contributed by atoms with Gasteiger partial charge < -0.3 is 10.4 Å². The molecule has 0 atom stereocenters. The molecule has 0 aliphatic carbocycles. The summed E-state index contributed by atoms with van der Waals surface area (Å²) in [5.41, 5.74) is -0.612. The lowest BCUT2D eigenvalue weighted by atomic mass is 10.1. The van der Waals surface area contributed by atoms with Crippen molar-refractivity contribution in [1.82, 2.24) is 25.2 Å². The minimum absolute atomic E-state index is 0.0467. The van der Waals surface area contributed by atoms with Crippen molar-refractivity contribution < 1.29 is 14.7 Å². The fourth-order valence-corrected chi connectivity index (χ4v) is 1.57. The van der Waals surface area contributed by atoms with Crippen LogP contribution in [-0.2, 0) is 16.9 Å². The van der Waals surface area contributed by atoms with Crippen molar-refractivity contribution in [2.24, 2.45) is 0 Å². The molecule has 0 saturated carbocycles. The van der Waals surface area contributed by atoms with E-state index in [-0.39, 0.29) is 25.0 Å². The van der Waals surface area contributed by atoms with E-state index in [1.807, 2.05) is 0 Å². The van der Waals surface area contributed by atoms with Crippen LogP contribution in [0.15, 0.2) is 6.20 Å². The number of carbonyl (C=O) groups is 2. The van der Waals surface area contributed by atoms with E-state index in [1.165, 1.54) is 4.68 Å². The summed E-state index contributed by atoms with van der Waals surface area (Å²) in [4.78, 5) is 23.7. The number of hydrogen-bond donors (Lipinski definition) is 2. The Morgan fingerprint density at radius 1 is 1.44 bits per heavy atom. The van der Waals surface area contributed by atoms with Crippen LogP contribution in [-0.4, -0.2) is 50.0 Å². The van der Waals surface area contributed by atoms with E-state index in [4.69, 9.17) is 0 Å². The summed E-state index contributed by atoms with van der Waals surface area (Å²) in [6, 6.07) is -0.386. The van der Waals surface area contributed by atoms with E-state index in [0.29, 0.717) is 12.2 Å². The van der Waals surface area contributed by atoms with Crippen LogP contribution in [0.2, 0.25) is 0 Å². The smallest absolute Gasteiger partial charge is 0.324 e. The third-order valence-corrected chi connectivity index (χ3v) is 2.66. The number of nitrogens with zero attached hydrogens (tertiary/aromatic N) is 4. The molecule has 2 N–H and O–H groups in total. The van der Waals surface area contributed by atoms with E-state index in [1.54, 1.807) is 20.0 Å². The Balaban J connectivity index is 1.97. The summed E-state index contributed by atoms with van der Waals surface area (Å²) < 4.78 is 1.49. The van der Waals surface area contributed by atoms with Crippen LogP contribution in [0, 0.1) is 0 Å². The minimum Gasteiger partial charge on any atom is -0.384 e. The molecule has 98 valence electrons. The van der Waals surface area contributed by atoms with Crippen molar-refractivity contribution in [2.75, 3.05) is 13.1 Å². The van der Waals surface area contributed by atoms with Crippen LogP contribution in [0.1, 0.15) is 19.5 Å². The highest BCUT2D eigenvalue weighted by Gasteiger charge is 2.28. The lowest BCUT2D eigenvalue weighted by molar-refractivity contribution is -0.125. The summed E-state index contributed by atoms with van der Waals surface area (Å²) in [7, 11) is 0. The number of aliphatic hydroxyl groups is 1. The first-order chi connectivity index (χ1) is 8.38. The standard InChI is InChI=1S/C10H15N5O3/c1-10(2,18)7-6-14(13-12-7)3-4-15-8(16)5-11-9(15)17/h6,18H,3-5H2,1-2H3,(H,11,17). The van der Waals surface area contributed by atoms with Gasteiger partial charge in [-0.25, -0.2) is 4.79 Å². The van der Waals surface area contributed by atoms with Gasteiger partial charge in [0.15, 0.2) is 0 Å². The zero-order valence-corrected chi connectivity index (χ0v) is 10.3. The number of hydrogen-bond acceptors (Lipinski definition) is 5. The number of imide groups is 1. The average molecular weight is 253 g/mol. The fraction of sp³-hybridized carbons (Fsp3) is 0.600. The highest BCUT2D eigenvalue weighted by Crippen LogP contribution is 2.15. The molecule has 0 unspecified atom stereocenters. The highest BCUT2D eigenvalue weighted by molar-refractivity contribution is 6.01. The zero-order valence-electron chi connectivity index (χ0n) is 10.3. The van der Waals surface area contributed by atoms with Crippen molar-refractivity contribution in [1.29, 1.82) is 0 Å². The summed E-state index contributed by atoms with van der Waals surface area (Å²) in [5.74, 6) is -0.247. The molecule has 0 aromatic carbocycles. The molecule has 0 radical (unpaired) electrons. The summed E-state index contributed by atoms with van der Waals surface area (Å²) in [5, 5.41) is 19.8. The van der Waals surface area contributed by atoms with Gasteiger partial charge in [0, 0.05) is 0 Å². The van der Waals surface area contributed by atoms with Crippen LogP contribution < -0.4 is 5.32 Å². The van der Waals surface area contributed by atoms with E-state index >= 15 is 0 Å². The molecule has 1 saturated heterocycles. The molecule has 2 rings (SSSR count). The SMILES string of the molecule is CC(C)(O)c1cn(CCN2C(=O)CNC2=O)nn1. The number of amides is 3. The Labute approximate surface area is 104 Å². The Kier molecular flexibility index (Phi) is 3.04. The lowest BCUT2D eigenvalue weighted by Gasteiger charge is -2.12. The van der Waals surface area contributed by atoms with Gasteiger partial charge in [-0.15, -0.1) is 5.10 Å². The Morgan fingerprint density at radius 3 is 2.67 bits per heavy atom. The molecular weight excluding hydrogens is 238 g/mol. The number of urea groups is 1. The lowest BCUT2D eigenvalue weighted by Crippen LogP contribution is -2.34. The number of carbonyl (C=O) groups excluding carboxylic acids is 2. The van der Waals surface area contributed by atoms with E-state index < -0.39 is 5.60 Å². The zero-order chi connectivity index (χ0) is 13.3. The molecule has 8 heteroatoms. The van der Waals surface area contributed by atoms with Gasteiger partial charge >= 0.3 is 6.03 Å². The van der Waals surface area contributed by atoms with E-state index in [2.05, 4.69) is 15.6 Å². The van der Waals surface area contributed by atoms with Crippen molar-refractivity contribution in [3.05, 3.63) is 11.9 Å². The van der Waals surface area contributed by atoms with Gasteiger partial charge in [0.05, 0.1) is 25.8 Å². The van der Waals surface area contributed by atoms with Crippen molar-refractivity contribution >= 4 is 11.9 Å². The molecule has 1 aromatic heterocycles. The van der Waals surface area contributed by atoms with E-state index in [9.17, 15) is 14.7 Å². The molecule has 8 nitrogen and oxygen atoms in total. The Hall–Kier alpha value is -1.96. The number of nitrogens with one attached hydrogen (secondary N) is 1. The van der Waals surface area contributed by atoms with Gasteiger partial charge in [0.2, 0.25) is 5.91 Å².